The number of benzene rings is 2. The maximum absolute atomic E-state index is 13.6. The van der Waals surface area contributed by atoms with E-state index in [0.717, 1.165) is 39.9 Å². The Hall–Kier alpha value is -3.53. The van der Waals surface area contributed by atoms with Gasteiger partial charge in [-0.1, -0.05) is 29.8 Å². The Labute approximate surface area is 186 Å². The van der Waals surface area contributed by atoms with Crippen LogP contribution in [0.15, 0.2) is 47.4 Å². The molecule has 1 aliphatic rings. The largest absolute Gasteiger partial charge is 0.353 e. The second-order valence-electron chi connectivity index (χ2n) is 6.90. The number of hydrogen-bond donors (Lipinski definition) is 2. The van der Waals surface area contributed by atoms with Gasteiger partial charge in [-0.3, -0.25) is 24.1 Å². The molecule has 0 atom stereocenters. The van der Waals surface area contributed by atoms with E-state index in [1.54, 1.807) is 6.08 Å². The molecule has 1 heterocycles. The minimum Gasteiger partial charge on any atom is -0.353 e. The number of hydrogen-bond acceptors (Lipinski definition) is 5. The van der Waals surface area contributed by atoms with Crippen molar-refractivity contribution >= 4 is 40.8 Å². The van der Waals surface area contributed by atoms with Crippen LogP contribution in [0.4, 0.5) is 13.6 Å². The molecule has 0 spiro atoms. The number of halogens is 2. The molecule has 2 aromatic carbocycles. The zero-order chi connectivity index (χ0) is 23.3. The van der Waals surface area contributed by atoms with Crippen LogP contribution < -0.4 is 10.6 Å². The Morgan fingerprint density at radius 2 is 1.78 bits per heavy atom. The number of thioether (sulfide) groups is 1. The molecule has 0 unspecified atom stereocenters. The molecule has 2 aromatic rings. The molecule has 0 aliphatic carbocycles. The molecule has 1 aliphatic heterocycles. The minimum absolute atomic E-state index is 0.0184. The highest BCUT2D eigenvalue weighted by molar-refractivity contribution is 8.18. The van der Waals surface area contributed by atoms with Gasteiger partial charge < -0.3 is 10.6 Å². The highest BCUT2D eigenvalue weighted by Gasteiger charge is 2.34. The Morgan fingerprint density at radius 3 is 2.47 bits per heavy atom. The molecule has 4 amide bonds. The highest BCUT2D eigenvalue weighted by Crippen LogP contribution is 2.31. The van der Waals surface area contributed by atoms with Gasteiger partial charge in [0.15, 0.2) is 0 Å². The lowest BCUT2D eigenvalue weighted by molar-refractivity contribution is -0.124. The van der Waals surface area contributed by atoms with Gasteiger partial charge in [-0.15, -0.1) is 0 Å². The van der Waals surface area contributed by atoms with Crippen molar-refractivity contribution in [1.82, 2.24) is 15.5 Å². The Balaban J connectivity index is 1.46. The predicted octanol–water partition coefficient (Wildman–Crippen LogP) is 2.86. The lowest BCUT2D eigenvalue weighted by atomic mass is 10.1. The van der Waals surface area contributed by atoms with Crippen LogP contribution in [0.25, 0.3) is 6.08 Å². The molecule has 3 rings (SSSR count). The third kappa shape index (κ3) is 5.79. The summed E-state index contributed by atoms with van der Waals surface area (Å²) < 4.78 is 26.5. The zero-order valence-electron chi connectivity index (χ0n) is 17.0. The second-order valence-corrected chi connectivity index (χ2v) is 7.89. The number of amides is 4. The first-order chi connectivity index (χ1) is 15.2. The summed E-state index contributed by atoms with van der Waals surface area (Å²) in [6.07, 6.45) is 1.63. The monoisotopic (exact) mass is 459 g/mol. The van der Waals surface area contributed by atoms with Gasteiger partial charge in [0, 0.05) is 19.2 Å². The van der Waals surface area contributed by atoms with Crippen LogP contribution in [-0.4, -0.2) is 47.5 Å². The Bertz CT molecular complexity index is 1100. The van der Waals surface area contributed by atoms with Gasteiger partial charge in [0.2, 0.25) is 5.91 Å². The average molecular weight is 459 g/mol. The van der Waals surface area contributed by atoms with Crippen molar-refractivity contribution in [3.05, 3.63) is 75.7 Å². The summed E-state index contributed by atoms with van der Waals surface area (Å²) in [7, 11) is 0. The first kappa shape index (κ1) is 23.1. The van der Waals surface area contributed by atoms with E-state index in [1.165, 1.54) is 0 Å². The number of imide groups is 1. The van der Waals surface area contributed by atoms with Crippen molar-refractivity contribution in [2.75, 3.05) is 19.6 Å². The zero-order valence-corrected chi connectivity index (χ0v) is 17.8. The van der Waals surface area contributed by atoms with Crippen molar-refractivity contribution in [1.29, 1.82) is 0 Å². The van der Waals surface area contributed by atoms with E-state index in [1.807, 2.05) is 31.2 Å². The van der Waals surface area contributed by atoms with Gasteiger partial charge in [0.25, 0.3) is 17.1 Å². The molecule has 0 saturated carbocycles. The van der Waals surface area contributed by atoms with Crippen LogP contribution in [0.5, 0.6) is 0 Å². The number of nitrogens with one attached hydrogen (secondary N) is 2. The third-order valence-corrected chi connectivity index (χ3v) is 5.40. The molecule has 2 N–H and O–H groups in total. The highest BCUT2D eigenvalue weighted by atomic mass is 32.2. The van der Waals surface area contributed by atoms with Crippen LogP contribution in [0, 0.1) is 18.6 Å². The molecule has 0 aromatic heterocycles. The van der Waals surface area contributed by atoms with Gasteiger partial charge in [-0.2, -0.15) is 0 Å². The Morgan fingerprint density at radius 1 is 1.06 bits per heavy atom. The van der Waals surface area contributed by atoms with Gasteiger partial charge in [0.1, 0.15) is 11.6 Å². The maximum atomic E-state index is 13.6. The fourth-order valence-corrected chi connectivity index (χ4v) is 3.67. The quantitative estimate of drug-likeness (QED) is 0.621. The second kappa shape index (κ2) is 10.2. The fourth-order valence-electron chi connectivity index (χ4n) is 2.81. The van der Waals surface area contributed by atoms with Gasteiger partial charge >= 0.3 is 0 Å². The SMILES string of the molecule is Cc1ccc(C=C2SC(=O)N(CCNC(=O)CNC(=O)c3ccc(F)cc3F)C2=O)cc1. The van der Waals surface area contributed by atoms with E-state index >= 15 is 0 Å². The fraction of sp³-hybridized carbons (Fsp3) is 0.182. The van der Waals surface area contributed by atoms with Crippen molar-refractivity contribution in [3.63, 3.8) is 0 Å². The number of rotatable bonds is 7. The average Bonchev–Trinajstić information content (AvgIpc) is 3.01. The van der Waals surface area contributed by atoms with Crippen LogP contribution in [0.2, 0.25) is 0 Å². The van der Waals surface area contributed by atoms with Gasteiger partial charge in [-0.25, -0.2) is 8.78 Å². The van der Waals surface area contributed by atoms with E-state index in [9.17, 15) is 28.0 Å². The molecule has 0 bridgehead atoms. The van der Waals surface area contributed by atoms with Crippen LogP contribution >= 0.6 is 11.8 Å². The van der Waals surface area contributed by atoms with E-state index < -0.39 is 46.7 Å². The summed E-state index contributed by atoms with van der Waals surface area (Å²) in [6, 6.07) is 9.96. The topological polar surface area (TPSA) is 95.6 Å². The minimum atomic E-state index is -1.04. The van der Waals surface area contributed by atoms with Gasteiger partial charge in [0.05, 0.1) is 17.0 Å². The standard InChI is InChI=1S/C22H19F2N3O4S/c1-13-2-4-14(5-3-13)10-18-21(30)27(22(31)32-18)9-8-25-19(28)12-26-20(29)16-7-6-15(23)11-17(16)24/h2-7,10-11H,8-9,12H2,1H3,(H,25,28)(H,26,29). The van der Waals surface area contributed by atoms with Crippen molar-refractivity contribution in [2.45, 2.75) is 6.92 Å². The maximum Gasteiger partial charge on any atom is 0.293 e. The molecular weight excluding hydrogens is 440 g/mol. The normalized spacial score (nSPS) is 14.7. The van der Waals surface area contributed by atoms with Gasteiger partial charge in [-0.05, 0) is 42.5 Å². The molecule has 10 heteroatoms. The van der Waals surface area contributed by atoms with Crippen LogP contribution in [-0.2, 0) is 9.59 Å². The smallest absolute Gasteiger partial charge is 0.293 e. The summed E-state index contributed by atoms with van der Waals surface area (Å²) >= 11 is 0.820. The summed E-state index contributed by atoms with van der Waals surface area (Å²) in [5, 5.41) is 4.25. The summed E-state index contributed by atoms with van der Waals surface area (Å²) in [4.78, 5) is 49.7. The molecule has 1 saturated heterocycles. The van der Waals surface area contributed by atoms with E-state index in [4.69, 9.17) is 0 Å². The van der Waals surface area contributed by atoms with Crippen LogP contribution in [0.3, 0.4) is 0 Å². The Kier molecular flexibility index (Phi) is 7.37. The van der Waals surface area contributed by atoms with E-state index in [2.05, 4.69) is 10.6 Å². The number of aryl methyl sites for hydroxylation is 1. The summed E-state index contributed by atoms with van der Waals surface area (Å²) in [6.45, 7) is 1.43. The molecule has 7 nitrogen and oxygen atoms in total. The predicted molar refractivity (Wildman–Crippen MR) is 116 cm³/mol. The number of carbonyl (C=O) groups excluding carboxylic acids is 4. The lowest BCUT2D eigenvalue weighted by Crippen LogP contribution is -2.41. The molecular formula is C22H19F2N3O4S. The first-order valence-corrected chi connectivity index (χ1v) is 10.4. The molecule has 32 heavy (non-hydrogen) atoms. The number of nitrogens with zero attached hydrogens (tertiary/aromatic N) is 1. The lowest BCUT2D eigenvalue weighted by Gasteiger charge is -2.13. The molecule has 166 valence electrons. The molecule has 1 fully saturated rings. The number of carbonyl (C=O) groups is 4. The van der Waals surface area contributed by atoms with Crippen molar-refractivity contribution in [2.24, 2.45) is 0 Å². The van der Waals surface area contributed by atoms with E-state index in [0.29, 0.717) is 11.0 Å². The molecule has 0 radical (unpaired) electrons. The van der Waals surface area contributed by atoms with Crippen molar-refractivity contribution < 1.29 is 28.0 Å². The van der Waals surface area contributed by atoms with Crippen LogP contribution in [0.1, 0.15) is 21.5 Å². The third-order valence-electron chi connectivity index (χ3n) is 4.49. The summed E-state index contributed by atoms with van der Waals surface area (Å²) in [5.74, 6) is -3.78. The first-order valence-electron chi connectivity index (χ1n) is 9.56. The van der Waals surface area contributed by atoms with E-state index in [-0.39, 0.29) is 13.1 Å². The van der Waals surface area contributed by atoms with Crippen molar-refractivity contribution in [3.8, 4) is 0 Å². The summed E-state index contributed by atoms with van der Waals surface area (Å²) in [5.41, 5.74) is 1.48.